The van der Waals surface area contributed by atoms with Gasteiger partial charge in [-0.2, -0.15) is 0 Å². The highest BCUT2D eigenvalue weighted by atomic mass is 79.9. The summed E-state index contributed by atoms with van der Waals surface area (Å²) in [5, 5.41) is 2.50. The summed E-state index contributed by atoms with van der Waals surface area (Å²) >= 11 is 3.53. The normalized spacial score (nSPS) is 12.5. The van der Waals surface area contributed by atoms with Crippen LogP contribution < -0.4 is 9.64 Å². The first-order valence-corrected chi connectivity index (χ1v) is 9.33. The van der Waals surface area contributed by atoms with Crippen molar-refractivity contribution >= 4 is 38.1 Å². The number of fused-ring (bicyclic) bond motifs is 3. The molecule has 2 nitrogen and oxygen atoms in total. The van der Waals surface area contributed by atoms with Crippen LogP contribution in [0.2, 0.25) is 0 Å². The van der Waals surface area contributed by atoms with Crippen molar-refractivity contribution in [2.45, 2.75) is 0 Å². The lowest BCUT2D eigenvalue weighted by Crippen LogP contribution is -2.15. The van der Waals surface area contributed by atoms with Gasteiger partial charge in [0.1, 0.15) is 0 Å². The van der Waals surface area contributed by atoms with Crippen LogP contribution in [0.25, 0.3) is 21.9 Å². The monoisotopic (exact) mass is 401 g/mol. The highest BCUT2D eigenvalue weighted by Gasteiger charge is 2.22. The minimum atomic E-state index is 0.866. The van der Waals surface area contributed by atoms with Crippen molar-refractivity contribution in [2.24, 2.45) is 0 Å². The molecule has 0 amide bonds. The van der Waals surface area contributed by atoms with Crippen LogP contribution in [0.5, 0.6) is 11.5 Å². The topological polar surface area (TPSA) is 12.5 Å². The molecule has 0 saturated carbocycles. The molecule has 0 aliphatic carbocycles. The van der Waals surface area contributed by atoms with Gasteiger partial charge in [-0.15, -0.1) is 0 Å². The van der Waals surface area contributed by atoms with E-state index in [0.717, 1.165) is 32.9 Å². The van der Waals surface area contributed by atoms with E-state index in [4.69, 9.17) is 4.74 Å². The first-order valence-electron chi connectivity index (χ1n) is 8.53. The third-order valence-corrected chi connectivity index (χ3v) is 5.40. The van der Waals surface area contributed by atoms with E-state index >= 15 is 0 Å². The maximum atomic E-state index is 6.21. The van der Waals surface area contributed by atoms with Gasteiger partial charge in [0.25, 0.3) is 0 Å². The Morgan fingerprint density at radius 2 is 1.35 bits per heavy atom. The first-order chi connectivity index (χ1) is 12.7. The molecule has 3 heteroatoms. The SMILES string of the molecule is CN1c2ccc(Br)cc2Oc2cc(-c3ccc4ccccc4c3)ccc21. The van der Waals surface area contributed by atoms with Crippen LogP contribution in [0, 0.1) is 0 Å². The lowest BCUT2D eigenvalue weighted by Gasteiger charge is -2.30. The van der Waals surface area contributed by atoms with E-state index in [1.165, 1.54) is 16.3 Å². The van der Waals surface area contributed by atoms with Gasteiger partial charge in [-0.1, -0.05) is 58.4 Å². The highest BCUT2D eigenvalue weighted by Crippen LogP contribution is 2.47. The number of nitrogens with zero attached hydrogens (tertiary/aromatic N) is 1. The number of anilines is 2. The Hall–Kier alpha value is -2.78. The van der Waals surface area contributed by atoms with Crippen LogP contribution in [0.1, 0.15) is 0 Å². The van der Waals surface area contributed by atoms with Gasteiger partial charge in [0.2, 0.25) is 0 Å². The maximum Gasteiger partial charge on any atom is 0.152 e. The van der Waals surface area contributed by atoms with Crippen molar-refractivity contribution in [3.05, 3.63) is 83.3 Å². The largest absolute Gasteiger partial charge is 0.453 e. The van der Waals surface area contributed by atoms with Gasteiger partial charge in [0.05, 0.1) is 11.4 Å². The first kappa shape index (κ1) is 15.5. The Labute approximate surface area is 160 Å². The summed E-state index contributed by atoms with van der Waals surface area (Å²) in [6.07, 6.45) is 0. The van der Waals surface area contributed by atoms with Crippen LogP contribution >= 0.6 is 15.9 Å². The standard InChI is InChI=1S/C23H16BrNO/c1-25-20-10-8-18(17-7-6-15-4-2-3-5-16(15)12-17)13-22(20)26-23-14-19(24)9-11-21(23)25/h2-14H,1H3. The van der Waals surface area contributed by atoms with Gasteiger partial charge in [-0.3, -0.25) is 0 Å². The second-order valence-electron chi connectivity index (χ2n) is 6.52. The van der Waals surface area contributed by atoms with Gasteiger partial charge < -0.3 is 9.64 Å². The Morgan fingerprint density at radius 1 is 0.692 bits per heavy atom. The van der Waals surface area contributed by atoms with Crippen LogP contribution in [0.4, 0.5) is 11.4 Å². The van der Waals surface area contributed by atoms with Crippen molar-refractivity contribution in [3.8, 4) is 22.6 Å². The maximum absolute atomic E-state index is 6.21. The van der Waals surface area contributed by atoms with Gasteiger partial charge in [0, 0.05) is 11.5 Å². The molecule has 126 valence electrons. The van der Waals surface area contributed by atoms with Crippen molar-refractivity contribution < 1.29 is 4.74 Å². The third-order valence-electron chi connectivity index (χ3n) is 4.91. The fourth-order valence-electron chi connectivity index (χ4n) is 3.52. The van der Waals surface area contributed by atoms with Crippen molar-refractivity contribution in [1.82, 2.24) is 0 Å². The molecule has 0 N–H and O–H groups in total. The van der Waals surface area contributed by atoms with E-state index in [9.17, 15) is 0 Å². The molecule has 4 aromatic rings. The van der Waals surface area contributed by atoms with E-state index in [0.29, 0.717) is 0 Å². The minimum absolute atomic E-state index is 0.866. The molecule has 5 rings (SSSR count). The summed E-state index contributed by atoms with van der Waals surface area (Å²) in [5.41, 5.74) is 4.49. The number of benzene rings is 4. The molecule has 0 fully saturated rings. The lowest BCUT2D eigenvalue weighted by atomic mass is 10.00. The quantitative estimate of drug-likeness (QED) is 0.335. The third kappa shape index (κ3) is 2.47. The summed E-state index contributed by atoms with van der Waals surface area (Å²) in [6, 6.07) is 27.5. The van der Waals surface area contributed by atoms with Crippen LogP contribution in [0.3, 0.4) is 0 Å². The molecule has 1 heterocycles. The Morgan fingerprint density at radius 3 is 2.19 bits per heavy atom. The molecular weight excluding hydrogens is 386 g/mol. The number of ether oxygens (including phenoxy) is 1. The molecule has 0 atom stereocenters. The smallest absolute Gasteiger partial charge is 0.152 e. The Kier molecular flexibility index (Phi) is 3.50. The summed E-state index contributed by atoms with van der Waals surface area (Å²) < 4.78 is 7.22. The zero-order chi connectivity index (χ0) is 17.7. The van der Waals surface area contributed by atoms with Gasteiger partial charge in [-0.25, -0.2) is 0 Å². The Balaban J connectivity index is 1.60. The molecule has 0 saturated heterocycles. The fourth-order valence-corrected chi connectivity index (χ4v) is 3.86. The average Bonchev–Trinajstić information content (AvgIpc) is 2.67. The summed E-state index contributed by atoms with van der Waals surface area (Å²) in [6.45, 7) is 0. The molecule has 1 aliphatic heterocycles. The molecule has 0 unspecified atom stereocenters. The summed E-state index contributed by atoms with van der Waals surface area (Å²) in [5.74, 6) is 1.74. The highest BCUT2D eigenvalue weighted by molar-refractivity contribution is 9.10. The molecule has 0 bridgehead atoms. The number of hydrogen-bond acceptors (Lipinski definition) is 2. The zero-order valence-electron chi connectivity index (χ0n) is 14.2. The molecule has 4 aromatic carbocycles. The van der Waals surface area contributed by atoms with E-state index < -0.39 is 0 Å². The van der Waals surface area contributed by atoms with Gasteiger partial charge in [0.15, 0.2) is 11.5 Å². The van der Waals surface area contributed by atoms with Crippen LogP contribution in [-0.2, 0) is 0 Å². The summed E-state index contributed by atoms with van der Waals surface area (Å²) in [4.78, 5) is 2.17. The van der Waals surface area contributed by atoms with Crippen molar-refractivity contribution in [3.63, 3.8) is 0 Å². The van der Waals surface area contributed by atoms with E-state index in [1.54, 1.807) is 0 Å². The fraction of sp³-hybridized carbons (Fsp3) is 0.0435. The molecule has 0 spiro atoms. The average molecular weight is 402 g/mol. The second-order valence-corrected chi connectivity index (χ2v) is 7.43. The number of hydrogen-bond donors (Lipinski definition) is 0. The van der Waals surface area contributed by atoms with Gasteiger partial charge >= 0.3 is 0 Å². The predicted molar refractivity (Wildman–Crippen MR) is 112 cm³/mol. The van der Waals surface area contributed by atoms with Gasteiger partial charge in [-0.05, 0) is 58.3 Å². The molecule has 0 radical (unpaired) electrons. The Bertz CT molecular complexity index is 1150. The molecule has 0 aromatic heterocycles. The molecule has 26 heavy (non-hydrogen) atoms. The molecule has 1 aliphatic rings. The van der Waals surface area contributed by atoms with Crippen molar-refractivity contribution in [1.29, 1.82) is 0 Å². The van der Waals surface area contributed by atoms with E-state index in [1.807, 2.05) is 12.1 Å². The van der Waals surface area contributed by atoms with Crippen LogP contribution in [0.15, 0.2) is 83.3 Å². The predicted octanol–water partition coefficient (Wildman–Crippen LogP) is 7.14. The lowest BCUT2D eigenvalue weighted by molar-refractivity contribution is 0.475. The number of rotatable bonds is 1. The zero-order valence-corrected chi connectivity index (χ0v) is 15.8. The minimum Gasteiger partial charge on any atom is -0.453 e. The summed E-state index contributed by atoms with van der Waals surface area (Å²) in [7, 11) is 2.07. The van der Waals surface area contributed by atoms with E-state index in [-0.39, 0.29) is 0 Å². The second kappa shape index (κ2) is 5.89. The van der Waals surface area contributed by atoms with Crippen molar-refractivity contribution in [2.75, 3.05) is 11.9 Å². The van der Waals surface area contributed by atoms with Crippen LogP contribution in [-0.4, -0.2) is 7.05 Å². The van der Waals surface area contributed by atoms with E-state index in [2.05, 4.69) is 94.6 Å². The number of halogens is 1. The molecular formula is C23H16BrNO.